The number of aromatic nitrogens is 1. The molecule has 0 aliphatic heterocycles. The van der Waals surface area contributed by atoms with Gasteiger partial charge in [-0.25, -0.2) is 0 Å². The first-order valence-electron chi connectivity index (χ1n) is 13.3. The van der Waals surface area contributed by atoms with E-state index < -0.39 is 0 Å². The fourth-order valence-electron chi connectivity index (χ4n) is 7.35. The van der Waals surface area contributed by atoms with Crippen molar-refractivity contribution in [3.63, 3.8) is 0 Å². The minimum Gasteiger partial charge on any atom is -0.354 e. The first-order chi connectivity index (χ1) is 18.9. The Balaban J connectivity index is 1.46. The molecule has 1 nitrogen and oxygen atoms in total. The van der Waals surface area contributed by atoms with Crippen LogP contribution in [-0.2, 0) is 5.41 Å². The minimum absolute atomic E-state index is 0.353. The zero-order valence-electron chi connectivity index (χ0n) is 20.7. The molecule has 6 aromatic carbocycles. The number of rotatable bonds is 1. The normalized spacial score (nSPS) is 16.5. The smallest absolute Gasteiger partial charge is 0.0726 e. The lowest BCUT2D eigenvalue weighted by Gasteiger charge is -2.30. The van der Waals surface area contributed by atoms with Crippen molar-refractivity contribution in [2.45, 2.75) is 5.41 Å². The quantitative estimate of drug-likeness (QED) is 0.240. The number of hydrogen-bond acceptors (Lipinski definition) is 0. The van der Waals surface area contributed by atoms with Gasteiger partial charge in [-0.05, 0) is 62.2 Å². The van der Waals surface area contributed by atoms with Gasteiger partial charge in [-0.15, -0.1) is 0 Å². The van der Waals surface area contributed by atoms with Crippen LogP contribution in [-0.4, -0.2) is 4.98 Å². The van der Waals surface area contributed by atoms with Gasteiger partial charge in [0.1, 0.15) is 0 Å². The van der Waals surface area contributed by atoms with Crippen molar-refractivity contribution >= 4 is 21.8 Å². The van der Waals surface area contributed by atoms with E-state index in [-0.39, 0.29) is 5.41 Å². The number of aromatic amines is 1. The SMILES string of the molecule is c1ccc(-c2ccc3c(c2)[C@@]2(c4ccccc4-3)c3ccccc3-c3c2ccc2c3[nH]c3ccccc32)cc1. The molecule has 0 saturated heterocycles. The maximum absolute atomic E-state index is 3.81. The second-order valence-electron chi connectivity index (χ2n) is 10.5. The number of benzene rings is 6. The van der Waals surface area contributed by atoms with Gasteiger partial charge < -0.3 is 4.98 Å². The highest BCUT2D eigenvalue weighted by Gasteiger charge is 2.52. The van der Waals surface area contributed by atoms with E-state index in [9.17, 15) is 0 Å². The van der Waals surface area contributed by atoms with Gasteiger partial charge in [0.25, 0.3) is 0 Å². The van der Waals surface area contributed by atoms with E-state index in [0.717, 1.165) is 0 Å². The lowest BCUT2D eigenvalue weighted by atomic mass is 9.70. The third kappa shape index (κ3) is 2.33. The Morgan fingerprint density at radius 3 is 1.97 bits per heavy atom. The molecule has 2 aliphatic rings. The van der Waals surface area contributed by atoms with E-state index in [0.29, 0.717) is 0 Å². The van der Waals surface area contributed by atoms with E-state index in [1.54, 1.807) is 0 Å². The van der Waals surface area contributed by atoms with Gasteiger partial charge in [0.2, 0.25) is 0 Å². The Labute approximate surface area is 221 Å². The summed E-state index contributed by atoms with van der Waals surface area (Å²) in [5, 5.41) is 2.57. The molecule has 0 bridgehead atoms. The van der Waals surface area contributed by atoms with Gasteiger partial charge >= 0.3 is 0 Å². The van der Waals surface area contributed by atoms with Gasteiger partial charge in [0, 0.05) is 21.9 Å². The summed E-state index contributed by atoms with van der Waals surface area (Å²) < 4.78 is 0. The number of para-hydroxylation sites is 1. The fraction of sp³-hybridized carbons (Fsp3) is 0.0270. The molecule has 0 amide bonds. The Morgan fingerprint density at radius 2 is 1.11 bits per heavy atom. The van der Waals surface area contributed by atoms with Gasteiger partial charge in [0.05, 0.1) is 10.9 Å². The van der Waals surface area contributed by atoms with E-state index >= 15 is 0 Å². The molecule has 7 aromatic rings. The van der Waals surface area contributed by atoms with Gasteiger partial charge in [-0.3, -0.25) is 0 Å². The lowest BCUT2D eigenvalue weighted by Crippen LogP contribution is -2.25. The van der Waals surface area contributed by atoms with E-state index in [4.69, 9.17) is 0 Å². The molecule has 2 aliphatic carbocycles. The van der Waals surface area contributed by atoms with E-state index in [2.05, 4.69) is 138 Å². The van der Waals surface area contributed by atoms with Crippen LogP contribution in [0.2, 0.25) is 0 Å². The summed E-state index contributed by atoms with van der Waals surface area (Å²) in [6, 6.07) is 49.3. The van der Waals surface area contributed by atoms with Crippen molar-refractivity contribution in [3.8, 4) is 33.4 Å². The van der Waals surface area contributed by atoms with E-state index in [1.165, 1.54) is 77.4 Å². The summed E-state index contributed by atoms with van der Waals surface area (Å²) in [5.74, 6) is 0. The molecule has 1 aromatic heterocycles. The lowest BCUT2D eigenvalue weighted by molar-refractivity contribution is 0.794. The molecule has 1 heteroatoms. The van der Waals surface area contributed by atoms with Crippen molar-refractivity contribution in [1.82, 2.24) is 4.98 Å². The Hall–Kier alpha value is -4.88. The summed E-state index contributed by atoms with van der Waals surface area (Å²) in [6.07, 6.45) is 0. The third-order valence-corrected chi connectivity index (χ3v) is 8.84. The van der Waals surface area contributed by atoms with Crippen molar-refractivity contribution in [2.24, 2.45) is 0 Å². The average molecular weight is 482 g/mol. The van der Waals surface area contributed by atoms with Crippen LogP contribution >= 0.6 is 0 Å². The molecule has 0 radical (unpaired) electrons. The Kier molecular flexibility index (Phi) is 3.78. The summed E-state index contributed by atoms with van der Waals surface area (Å²) in [6.45, 7) is 0. The molecular formula is C37H23N. The van der Waals surface area contributed by atoms with Crippen LogP contribution in [0.4, 0.5) is 0 Å². The maximum Gasteiger partial charge on any atom is 0.0726 e. The number of fused-ring (bicyclic) bond motifs is 14. The Bertz CT molecular complexity index is 2080. The molecule has 38 heavy (non-hydrogen) atoms. The van der Waals surface area contributed by atoms with Gasteiger partial charge in [-0.1, -0.05) is 121 Å². The second kappa shape index (κ2) is 7.12. The summed E-state index contributed by atoms with van der Waals surface area (Å²) in [7, 11) is 0. The number of nitrogens with one attached hydrogen (secondary N) is 1. The topological polar surface area (TPSA) is 15.8 Å². The zero-order valence-corrected chi connectivity index (χ0v) is 20.7. The van der Waals surface area contributed by atoms with Gasteiger partial charge in [-0.2, -0.15) is 0 Å². The van der Waals surface area contributed by atoms with Crippen molar-refractivity contribution in [3.05, 3.63) is 156 Å². The van der Waals surface area contributed by atoms with Crippen LogP contribution in [0.5, 0.6) is 0 Å². The van der Waals surface area contributed by atoms with Crippen LogP contribution in [0.15, 0.2) is 133 Å². The third-order valence-electron chi connectivity index (χ3n) is 8.84. The largest absolute Gasteiger partial charge is 0.354 e. The van der Waals surface area contributed by atoms with Crippen LogP contribution in [0, 0.1) is 0 Å². The predicted octanol–water partition coefficient (Wildman–Crippen LogP) is 9.33. The molecule has 0 unspecified atom stereocenters. The summed E-state index contributed by atoms with van der Waals surface area (Å²) in [5.41, 5.74) is 15.4. The molecule has 1 N–H and O–H groups in total. The highest BCUT2D eigenvalue weighted by Crippen LogP contribution is 2.64. The molecular weight excluding hydrogens is 458 g/mol. The molecule has 176 valence electrons. The molecule has 1 heterocycles. The molecule has 0 saturated carbocycles. The van der Waals surface area contributed by atoms with Gasteiger partial charge in [0.15, 0.2) is 0 Å². The summed E-state index contributed by atoms with van der Waals surface area (Å²) in [4.78, 5) is 3.81. The first kappa shape index (κ1) is 20.2. The Morgan fingerprint density at radius 1 is 0.421 bits per heavy atom. The number of hydrogen-bond donors (Lipinski definition) is 1. The highest BCUT2D eigenvalue weighted by atomic mass is 14.7. The van der Waals surface area contributed by atoms with Crippen LogP contribution in [0.25, 0.3) is 55.2 Å². The van der Waals surface area contributed by atoms with Crippen LogP contribution in [0.1, 0.15) is 22.3 Å². The molecule has 9 rings (SSSR count). The standard InChI is InChI=1S/C37H23N/c1-2-10-23(11-3-1)24-18-19-26-25-12-4-7-15-30(25)37(33(26)22-24)31-16-8-5-14-29(31)35-32(37)21-20-28-27-13-6-9-17-34(27)38-36(28)35/h1-22,38H/t37-/m0/s1. The maximum atomic E-state index is 3.81. The predicted molar refractivity (Wildman–Crippen MR) is 158 cm³/mol. The van der Waals surface area contributed by atoms with E-state index in [1.807, 2.05) is 0 Å². The van der Waals surface area contributed by atoms with Crippen LogP contribution < -0.4 is 0 Å². The summed E-state index contributed by atoms with van der Waals surface area (Å²) >= 11 is 0. The minimum atomic E-state index is -0.353. The monoisotopic (exact) mass is 481 g/mol. The highest BCUT2D eigenvalue weighted by molar-refractivity contribution is 6.15. The molecule has 1 atom stereocenters. The fourth-order valence-corrected chi connectivity index (χ4v) is 7.35. The molecule has 0 fully saturated rings. The second-order valence-corrected chi connectivity index (χ2v) is 10.5. The number of H-pyrrole nitrogens is 1. The van der Waals surface area contributed by atoms with Crippen molar-refractivity contribution in [1.29, 1.82) is 0 Å². The first-order valence-corrected chi connectivity index (χ1v) is 13.3. The van der Waals surface area contributed by atoms with Crippen molar-refractivity contribution < 1.29 is 0 Å². The van der Waals surface area contributed by atoms with Crippen LogP contribution in [0.3, 0.4) is 0 Å². The van der Waals surface area contributed by atoms with Crippen molar-refractivity contribution in [2.75, 3.05) is 0 Å². The zero-order chi connectivity index (χ0) is 24.8. The average Bonchev–Trinajstić information content (AvgIpc) is 3.61. The molecule has 1 spiro atoms.